The van der Waals surface area contributed by atoms with Crippen LogP contribution in [0.25, 0.3) is 0 Å². The lowest BCUT2D eigenvalue weighted by Crippen LogP contribution is -2.48. The van der Waals surface area contributed by atoms with Crippen LogP contribution >= 0.6 is 22.6 Å². The molecular formula is C7H13IO. The highest BCUT2D eigenvalue weighted by Crippen LogP contribution is 2.35. The van der Waals surface area contributed by atoms with E-state index in [0.29, 0.717) is 6.10 Å². The number of hydrogen-bond donors (Lipinski definition) is 0. The van der Waals surface area contributed by atoms with Crippen molar-refractivity contribution in [3.8, 4) is 0 Å². The molecule has 2 unspecified atom stereocenters. The summed E-state index contributed by atoms with van der Waals surface area (Å²) in [6, 6.07) is 0. The van der Waals surface area contributed by atoms with Crippen molar-refractivity contribution in [2.24, 2.45) is 0 Å². The van der Waals surface area contributed by atoms with Crippen LogP contribution in [0.2, 0.25) is 0 Å². The smallest absolute Gasteiger partial charge is 0.0699 e. The van der Waals surface area contributed by atoms with Crippen molar-refractivity contribution in [3.05, 3.63) is 0 Å². The van der Waals surface area contributed by atoms with Crippen molar-refractivity contribution in [1.29, 1.82) is 0 Å². The monoisotopic (exact) mass is 240 g/mol. The fraction of sp³-hybridized carbons (Fsp3) is 1.00. The first-order chi connectivity index (χ1) is 4.20. The first-order valence-electron chi connectivity index (χ1n) is 3.44. The number of rotatable bonds is 2. The van der Waals surface area contributed by atoms with Gasteiger partial charge in [0.1, 0.15) is 0 Å². The standard InChI is InChI=1S/C7H13IO/c1-3-7(2)4-6(5-8)9-7/h6H,3-5H2,1-2H3. The van der Waals surface area contributed by atoms with Crippen molar-refractivity contribution < 1.29 is 4.74 Å². The second-order valence-electron chi connectivity index (χ2n) is 2.90. The summed E-state index contributed by atoms with van der Waals surface area (Å²) >= 11 is 2.37. The normalized spacial score (nSPS) is 42.3. The SMILES string of the molecule is CCC1(C)CC(CI)O1. The topological polar surface area (TPSA) is 9.23 Å². The molecule has 1 fully saturated rings. The van der Waals surface area contributed by atoms with Crippen molar-refractivity contribution in [2.75, 3.05) is 4.43 Å². The molecule has 0 aromatic carbocycles. The Morgan fingerprint density at radius 2 is 2.33 bits per heavy atom. The lowest BCUT2D eigenvalue weighted by Gasteiger charge is -2.44. The van der Waals surface area contributed by atoms with Gasteiger partial charge in [0.25, 0.3) is 0 Å². The van der Waals surface area contributed by atoms with Crippen LogP contribution < -0.4 is 0 Å². The first-order valence-corrected chi connectivity index (χ1v) is 4.96. The van der Waals surface area contributed by atoms with Crippen molar-refractivity contribution >= 4 is 22.6 Å². The van der Waals surface area contributed by atoms with Gasteiger partial charge < -0.3 is 4.74 Å². The van der Waals surface area contributed by atoms with E-state index in [2.05, 4.69) is 36.4 Å². The van der Waals surface area contributed by atoms with Crippen LogP contribution in [0.3, 0.4) is 0 Å². The molecule has 1 saturated heterocycles. The van der Waals surface area contributed by atoms with Gasteiger partial charge in [-0.25, -0.2) is 0 Å². The summed E-state index contributed by atoms with van der Waals surface area (Å²) in [6.45, 7) is 4.37. The van der Waals surface area contributed by atoms with Crippen molar-refractivity contribution in [1.82, 2.24) is 0 Å². The van der Waals surface area contributed by atoms with Crippen molar-refractivity contribution in [3.63, 3.8) is 0 Å². The van der Waals surface area contributed by atoms with Gasteiger partial charge >= 0.3 is 0 Å². The predicted molar refractivity (Wildman–Crippen MR) is 47.1 cm³/mol. The summed E-state index contributed by atoms with van der Waals surface area (Å²) in [5.74, 6) is 0. The highest BCUT2D eigenvalue weighted by atomic mass is 127. The summed E-state index contributed by atoms with van der Waals surface area (Å²) in [7, 11) is 0. The van der Waals surface area contributed by atoms with Crippen LogP contribution in [0.5, 0.6) is 0 Å². The van der Waals surface area contributed by atoms with Crippen LogP contribution in [0, 0.1) is 0 Å². The summed E-state index contributed by atoms with van der Waals surface area (Å²) in [4.78, 5) is 0. The Labute approximate surface area is 70.3 Å². The zero-order valence-corrected chi connectivity index (χ0v) is 8.14. The molecule has 0 aromatic rings. The molecule has 2 atom stereocenters. The largest absolute Gasteiger partial charge is 0.371 e. The molecule has 1 aliphatic rings. The van der Waals surface area contributed by atoms with E-state index >= 15 is 0 Å². The fourth-order valence-electron chi connectivity index (χ4n) is 1.19. The van der Waals surface area contributed by atoms with Crippen molar-refractivity contribution in [2.45, 2.75) is 38.4 Å². The molecule has 1 nitrogen and oxygen atoms in total. The van der Waals surface area contributed by atoms with E-state index in [1.54, 1.807) is 0 Å². The molecule has 0 N–H and O–H groups in total. The van der Waals surface area contributed by atoms with Gasteiger partial charge in [-0.1, -0.05) is 29.5 Å². The molecule has 54 valence electrons. The molecule has 0 amide bonds. The van der Waals surface area contributed by atoms with Crippen LogP contribution in [-0.2, 0) is 4.74 Å². The summed E-state index contributed by atoms with van der Waals surface area (Å²) in [5, 5.41) is 0. The van der Waals surface area contributed by atoms with E-state index in [4.69, 9.17) is 4.74 Å². The molecule has 0 aliphatic carbocycles. The summed E-state index contributed by atoms with van der Waals surface area (Å²) in [5.41, 5.74) is 0.232. The molecule has 0 radical (unpaired) electrons. The van der Waals surface area contributed by atoms with Gasteiger partial charge in [0.05, 0.1) is 11.7 Å². The van der Waals surface area contributed by atoms with Gasteiger partial charge in [-0.05, 0) is 13.3 Å². The first kappa shape index (κ1) is 7.79. The zero-order chi connectivity index (χ0) is 6.91. The highest BCUT2D eigenvalue weighted by Gasteiger charge is 2.38. The Hall–Kier alpha value is 0.690. The minimum Gasteiger partial charge on any atom is -0.371 e. The number of hydrogen-bond acceptors (Lipinski definition) is 1. The molecule has 0 saturated carbocycles. The summed E-state index contributed by atoms with van der Waals surface area (Å²) < 4.78 is 6.76. The zero-order valence-electron chi connectivity index (χ0n) is 5.98. The second kappa shape index (κ2) is 2.74. The van der Waals surface area contributed by atoms with E-state index < -0.39 is 0 Å². The fourth-order valence-corrected chi connectivity index (χ4v) is 1.68. The van der Waals surface area contributed by atoms with E-state index in [0.717, 1.165) is 10.8 Å². The lowest BCUT2D eigenvalue weighted by molar-refractivity contribution is -0.184. The minimum absolute atomic E-state index is 0.232. The molecule has 9 heavy (non-hydrogen) atoms. The van der Waals surface area contributed by atoms with Gasteiger partial charge in [-0.2, -0.15) is 0 Å². The maximum absolute atomic E-state index is 5.62. The third-order valence-electron chi connectivity index (χ3n) is 2.03. The predicted octanol–water partition coefficient (Wildman–Crippen LogP) is 2.38. The molecule has 0 aromatic heterocycles. The average Bonchev–Trinajstić information content (AvgIpc) is 1.81. The van der Waals surface area contributed by atoms with E-state index in [1.807, 2.05) is 0 Å². The molecule has 1 aliphatic heterocycles. The minimum atomic E-state index is 0.232. The Morgan fingerprint density at radius 1 is 1.78 bits per heavy atom. The third kappa shape index (κ3) is 1.58. The molecule has 1 rings (SSSR count). The van der Waals surface area contributed by atoms with Gasteiger partial charge in [0.2, 0.25) is 0 Å². The Kier molecular flexibility index (Phi) is 2.37. The number of alkyl halides is 1. The highest BCUT2D eigenvalue weighted by molar-refractivity contribution is 14.1. The third-order valence-corrected chi connectivity index (χ3v) is 3.01. The quantitative estimate of drug-likeness (QED) is 0.532. The van der Waals surface area contributed by atoms with Crippen LogP contribution in [-0.4, -0.2) is 16.1 Å². The molecular weight excluding hydrogens is 227 g/mol. The van der Waals surface area contributed by atoms with E-state index in [-0.39, 0.29) is 5.60 Å². The Bertz CT molecular complexity index is 97.1. The summed E-state index contributed by atoms with van der Waals surface area (Å²) in [6.07, 6.45) is 2.96. The van der Waals surface area contributed by atoms with Gasteiger partial charge in [0, 0.05) is 10.8 Å². The molecule has 2 heteroatoms. The van der Waals surface area contributed by atoms with Crippen LogP contribution in [0.1, 0.15) is 26.7 Å². The van der Waals surface area contributed by atoms with Gasteiger partial charge in [-0.3, -0.25) is 0 Å². The number of halogens is 1. The maximum atomic E-state index is 5.62. The van der Waals surface area contributed by atoms with E-state index in [9.17, 15) is 0 Å². The second-order valence-corrected chi connectivity index (χ2v) is 3.78. The van der Waals surface area contributed by atoms with Gasteiger partial charge in [-0.15, -0.1) is 0 Å². The average molecular weight is 240 g/mol. The molecule has 0 spiro atoms. The molecule has 0 bridgehead atoms. The lowest BCUT2D eigenvalue weighted by atomic mass is 9.89. The van der Waals surface area contributed by atoms with Crippen LogP contribution in [0.15, 0.2) is 0 Å². The Morgan fingerprint density at radius 3 is 2.67 bits per heavy atom. The van der Waals surface area contributed by atoms with E-state index in [1.165, 1.54) is 6.42 Å². The van der Waals surface area contributed by atoms with Crippen LogP contribution in [0.4, 0.5) is 0 Å². The van der Waals surface area contributed by atoms with Gasteiger partial charge in [0.15, 0.2) is 0 Å². The Balaban J connectivity index is 2.24. The number of ether oxygens (including phenoxy) is 1. The molecule has 1 heterocycles. The maximum Gasteiger partial charge on any atom is 0.0699 e.